The van der Waals surface area contributed by atoms with Gasteiger partial charge in [0, 0.05) is 36.9 Å². The Morgan fingerprint density at radius 3 is 2.72 bits per heavy atom. The number of nitrogen functional groups attached to an aromatic ring is 1. The van der Waals surface area contributed by atoms with E-state index in [9.17, 15) is 4.79 Å². The fourth-order valence-corrected chi connectivity index (χ4v) is 3.88. The van der Waals surface area contributed by atoms with Gasteiger partial charge in [0.25, 0.3) is 0 Å². The lowest BCUT2D eigenvalue weighted by atomic mass is 9.97. The van der Waals surface area contributed by atoms with Crippen LogP contribution in [-0.4, -0.2) is 52.3 Å². The third-order valence-corrected chi connectivity index (χ3v) is 5.64. The van der Waals surface area contributed by atoms with Crippen LogP contribution in [0.15, 0.2) is 42.9 Å². The number of likely N-dealkylation sites (tertiary alicyclic amines) is 1. The van der Waals surface area contributed by atoms with E-state index >= 15 is 0 Å². The van der Waals surface area contributed by atoms with Crippen LogP contribution in [0.3, 0.4) is 0 Å². The number of Topliss-reactive ketones (excluding diaryl/α,β-unsaturated/α-hetero) is 1. The number of aromatic nitrogens is 3. The van der Waals surface area contributed by atoms with Crippen molar-refractivity contribution in [2.75, 3.05) is 37.7 Å². The van der Waals surface area contributed by atoms with Crippen LogP contribution in [0.2, 0.25) is 0 Å². The SMILES string of the molecule is CN1CCC(CNc2nccnc2C(=O)Cc2cccc3c(N)nccc23)CC1. The first kappa shape index (κ1) is 19.3. The number of pyridine rings is 1. The molecule has 0 atom stereocenters. The fraction of sp³-hybridized carbons (Fsp3) is 0.364. The first-order valence-corrected chi connectivity index (χ1v) is 10.0. The Balaban J connectivity index is 1.50. The molecule has 7 nitrogen and oxygen atoms in total. The molecule has 1 fully saturated rings. The highest BCUT2D eigenvalue weighted by atomic mass is 16.1. The predicted molar refractivity (Wildman–Crippen MR) is 115 cm³/mol. The Kier molecular flexibility index (Phi) is 5.67. The van der Waals surface area contributed by atoms with Gasteiger partial charge in [-0.3, -0.25) is 4.79 Å². The molecule has 0 unspecified atom stereocenters. The van der Waals surface area contributed by atoms with Gasteiger partial charge in [0.1, 0.15) is 11.5 Å². The van der Waals surface area contributed by atoms with E-state index in [0.717, 1.165) is 48.8 Å². The third-order valence-electron chi connectivity index (χ3n) is 5.64. The minimum atomic E-state index is -0.0631. The number of carbonyl (C=O) groups is 1. The maximum absolute atomic E-state index is 13.1. The van der Waals surface area contributed by atoms with Crippen LogP contribution in [0, 0.1) is 5.92 Å². The molecule has 1 saturated heterocycles. The Hall–Kier alpha value is -3.06. The number of carbonyl (C=O) groups excluding carboxylic acids is 1. The average Bonchev–Trinajstić information content (AvgIpc) is 2.74. The van der Waals surface area contributed by atoms with Gasteiger partial charge in [-0.05, 0) is 55.9 Å². The molecule has 0 spiro atoms. The van der Waals surface area contributed by atoms with Crippen molar-refractivity contribution in [3.8, 4) is 0 Å². The maximum Gasteiger partial charge on any atom is 0.189 e. The van der Waals surface area contributed by atoms with Crippen molar-refractivity contribution >= 4 is 28.2 Å². The Labute approximate surface area is 170 Å². The van der Waals surface area contributed by atoms with Crippen LogP contribution in [0.4, 0.5) is 11.6 Å². The normalized spacial score (nSPS) is 15.5. The summed E-state index contributed by atoms with van der Waals surface area (Å²) in [6.45, 7) is 3.03. The molecule has 1 aromatic carbocycles. The molecular weight excluding hydrogens is 364 g/mol. The third kappa shape index (κ3) is 4.35. The van der Waals surface area contributed by atoms with Gasteiger partial charge in [-0.15, -0.1) is 0 Å². The van der Waals surface area contributed by atoms with Gasteiger partial charge in [0.05, 0.1) is 0 Å². The first-order valence-electron chi connectivity index (χ1n) is 10.0. The van der Waals surface area contributed by atoms with Crippen LogP contribution >= 0.6 is 0 Å². The van der Waals surface area contributed by atoms with E-state index in [1.807, 2.05) is 24.3 Å². The summed E-state index contributed by atoms with van der Waals surface area (Å²) >= 11 is 0. The highest BCUT2D eigenvalue weighted by Gasteiger charge is 2.20. The van der Waals surface area contributed by atoms with Crippen LogP contribution in [0.1, 0.15) is 28.9 Å². The molecule has 0 bridgehead atoms. The number of nitrogens with two attached hydrogens (primary N) is 1. The fourth-order valence-electron chi connectivity index (χ4n) is 3.88. The van der Waals surface area contributed by atoms with E-state index in [1.54, 1.807) is 18.6 Å². The summed E-state index contributed by atoms with van der Waals surface area (Å²) in [4.78, 5) is 28.3. The van der Waals surface area contributed by atoms with E-state index in [-0.39, 0.29) is 12.2 Å². The number of ketones is 1. The minimum absolute atomic E-state index is 0.0631. The molecule has 0 amide bonds. The summed E-state index contributed by atoms with van der Waals surface area (Å²) < 4.78 is 0. The zero-order valence-electron chi connectivity index (χ0n) is 16.6. The van der Waals surface area contributed by atoms with Gasteiger partial charge in [-0.2, -0.15) is 0 Å². The Bertz CT molecular complexity index is 1010. The molecule has 150 valence electrons. The lowest BCUT2D eigenvalue weighted by Crippen LogP contribution is -2.33. The molecule has 0 aliphatic carbocycles. The van der Waals surface area contributed by atoms with Crippen LogP contribution in [0.5, 0.6) is 0 Å². The molecule has 0 radical (unpaired) electrons. The van der Waals surface area contributed by atoms with E-state index in [4.69, 9.17) is 5.73 Å². The minimum Gasteiger partial charge on any atom is -0.383 e. The van der Waals surface area contributed by atoms with Crippen molar-refractivity contribution in [1.29, 1.82) is 0 Å². The average molecular weight is 390 g/mol. The molecule has 2 aromatic heterocycles. The smallest absolute Gasteiger partial charge is 0.189 e. The van der Waals surface area contributed by atoms with Gasteiger partial charge < -0.3 is 16.0 Å². The van der Waals surface area contributed by atoms with Crippen molar-refractivity contribution in [3.05, 3.63) is 54.1 Å². The molecule has 0 saturated carbocycles. The van der Waals surface area contributed by atoms with Gasteiger partial charge in [0.15, 0.2) is 11.6 Å². The standard InChI is InChI=1S/C22H26N6O/c1-28-11-6-15(7-12-28)14-27-22-20(24-9-10-26-22)19(29)13-16-3-2-4-18-17(16)5-8-25-21(18)23/h2-5,8-10,15H,6-7,11-14H2,1H3,(H2,23,25)(H,26,27). The molecule has 3 heterocycles. The summed E-state index contributed by atoms with van der Waals surface area (Å²) in [7, 11) is 2.15. The zero-order chi connectivity index (χ0) is 20.2. The second-order valence-corrected chi connectivity index (χ2v) is 7.69. The molecule has 29 heavy (non-hydrogen) atoms. The zero-order valence-corrected chi connectivity index (χ0v) is 16.6. The van der Waals surface area contributed by atoms with Crippen LogP contribution < -0.4 is 11.1 Å². The number of benzene rings is 1. The number of nitrogens with one attached hydrogen (secondary N) is 1. The van der Waals surface area contributed by atoms with Gasteiger partial charge in [-0.1, -0.05) is 18.2 Å². The van der Waals surface area contributed by atoms with Crippen LogP contribution in [0.25, 0.3) is 10.8 Å². The van der Waals surface area contributed by atoms with Crippen molar-refractivity contribution in [3.63, 3.8) is 0 Å². The van der Waals surface area contributed by atoms with E-state index in [0.29, 0.717) is 23.2 Å². The molecule has 3 N–H and O–H groups in total. The predicted octanol–water partition coefficient (Wildman–Crippen LogP) is 2.79. The number of rotatable bonds is 6. The molecule has 1 aliphatic heterocycles. The number of hydrogen-bond donors (Lipinski definition) is 2. The number of hydrogen-bond acceptors (Lipinski definition) is 7. The number of fused-ring (bicyclic) bond motifs is 1. The molecule has 1 aliphatic rings. The number of nitrogens with zero attached hydrogens (tertiary/aromatic N) is 4. The molecule has 4 rings (SSSR count). The second-order valence-electron chi connectivity index (χ2n) is 7.69. The molecule has 3 aromatic rings. The summed E-state index contributed by atoms with van der Waals surface area (Å²) in [6.07, 6.45) is 7.40. The van der Waals surface area contributed by atoms with Crippen molar-refractivity contribution in [2.45, 2.75) is 19.3 Å². The number of piperidine rings is 1. The van der Waals surface area contributed by atoms with Gasteiger partial charge in [0.2, 0.25) is 0 Å². The van der Waals surface area contributed by atoms with Crippen molar-refractivity contribution in [1.82, 2.24) is 19.9 Å². The summed E-state index contributed by atoms with van der Waals surface area (Å²) in [5.74, 6) is 1.56. The summed E-state index contributed by atoms with van der Waals surface area (Å²) in [5, 5.41) is 5.17. The van der Waals surface area contributed by atoms with Crippen LogP contribution in [-0.2, 0) is 6.42 Å². The summed E-state index contributed by atoms with van der Waals surface area (Å²) in [5.41, 5.74) is 7.28. The first-order chi connectivity index (χ1) is 14.1. The summed E-state index contributed by atoms with van der Waals surface area (Å²) in [6, 6.07) is 7.66. The van der Waals surface area contributed by atoms with E-state index < -0.39 is 0 Å². The monoisotopic (exact) mass is 390 g/mol. The Morgan fingerprint density at radius 2 is 1.90 bits per heavy atom. The lowest BCUT2D eigenvalue weighted by Gasteiger charge is -2.29. The molecule has 7 heteroatoms. The van der Waals surface area contributed by atoms with Gasteiger partial charge in [-0.25, -0.2) is 15.0 Å². The highest BCUT2D eigenvalue weighted by Crippen LogP contribution is 2.24. The van der Waals surface area contributed by atoms with E-state index in [2.05, 4.69) is 32.2 Å². The largest absolute Gasteiger partial charge is 0.383 e. The topological polar surface area (TPSA) is 97.0 Å². The van der Waals surface area contributed by atoms with E-state index in [1.165, 1.54) is 0 Å². The highest BCUT2D eigenvalue weighted by molar-refractivity contribution is 6.02. The quantitative estimate of drug-likeness (QED) is 0.625. The Morgan fingerprint density at radius 1 is 1.10 bits per heavy atom. The van der Waals surface area contributed by atoms with Crippen molar-refractivity contribution < 1.29 is 4.79 Å². The van der Waals surface area contributed by atoms with Gasteiger partial charge >= 0.3 is 0 Å². The maximum atomic E-state index is 13.1. The van der Waals surface area contributed by atoms with Crippen molar-refractivity contribution in [2.24, 2.45) is 5.92 Å². The number of anilines is 2. The second kappa shape index (κ2) is 8.53. The lowest BCUT2D eigenvalue weighted by molar-refractivity contribution is 0.0989. The molecular formula is C22H26N6O.